The molecule has 1 fully saturated rings. The summed E-state index contributed by atoms with van der Waals surface area (Å²) < 4.78 is 16.5. The van der Waals surface area contributed by atoms with Crippen LogP contribution in [0.5, 0.6) is 0 Å². The van der Waals surface area contributed by atoms with Crippen LogP contribution >= 0.6 is 0 Å². The number of hydrogen-bond donors (Lipinski definition) is 1. The fourth-order valence-electron chi connectivity index (χ4n) is 3.97. The first-order chi connectivity index (χ1) is 15.0. The van der Waals surface area contributed by atoms with Crippen molar-refractivity contribution in [3.05, 3.63) is 82.8 Å². The Morgan fingerprint density at radius 1 is 1.16 bits per heavy atom. The number of rotatable bonds is 5. The predicted octanol–water partition coefficient (Wildman–Crippen LogP) is 5.91. The van der Waals surface area contributed by atoms with Gasteiger partial charge in [0.25, 0.3) is 0 Å². The summed E-state index contributed by atoms with van der Waals surface area (Å²) in [6.45, 7) is 0. The third-order valence-corrected chi connectivity index (χ3v) is 5.67. The van der Waals surface area contributed by atoms with Crippen LogP contribution in [0.2, 0.25) is 0 Å². The summed E-state index contributed by atoms with van der Waals surface area (Å²) in [6.07, 6.45) is 5.73. The molecule has 1 aliphatic carbocycles. The number of hydrogen-bond acceptors (Lipinski definition) is 4. The number of fused-ring (bicyclic) bond motifs is 1. The van der Waals surface area contributed by atoms with Crippen LogP contribution < -0.4 is 5.32 Å². The highest BCUT2D eigenvalue weighted by Crippen LogP contribution is 2.41. The van der Waals surface area contributed by atoms with Crippen LogP contribution in [0.25, 0.3) is 22.0 Å². The Morgan fingerprint density at radius 3 is 2.71 bits per heavy atom. The van der Waals surface area contributed by atoms with Crippen molar-refractivity contribution in [2.45, 2.75) is 18.8 Å². The minimum absolute atomic E-state index is 0.139. The summed E-state index contributed by atoms with van der Waals surface area (Å²) in [4.78, 5) is 27.5. The summed E-state index contributed by atoms with van der Waals surface area (Å²) in [5, 5.41) is 6.64. The second-order valence-corrected chi connectivity index (χ2v) is 7.83. The monoisotopic (exact) mass is 414 g/mol. The summed E-state index contributed by atoms with van der Waals surface area (Å²) in [5.74, 6) is -0.556. The smallest absolute Gasteiger partial charge is 0.320 e. The van der Waals surface area contributed by atoms with E-state index in [9.17, 15) is 14.1 Å². The first kappa shape index (κ1) is 19.1. The lowest BCUT2D eigenvalue weighted by Gasteiger charge is -2.14. The number of amides is 1. The molecular weight excluding hydrogens is 395 g/mol. The zero-order valence-corrected chi connectivity index (χ0v) is 16.8. The van der Waals surface area contributed by atoms with Gasteiger partial charge in [0.1, 0.15) is 11.6 Å². The quantitative estimate of drug-likeness (QED) is 0.412. The van der Waals surface area contributed by atoms with Gasteiger partial charge in [-0.15, -0.1) is 4.91 Å². The van der Waals surface area contributed by atoms with Gasteiger partial charge in [-0.05, 0) is 54.7 Å². The number of halogens is 1. The molecule has 6 nitrogen and oxygen atoms in total. The van der Waals surface area contributed by atoms with Crippen LogP contribution in [0, 0.1) is 10.7 Å². The van der Waals surface area contributed by atoms with Crippen LogP contribution in [-0.4, -0.2) is 15.5 Å². The van der Waals surface area contributed by atoms with Gasteiger partial charge >= 0.3 is 5.91 Å². The van der Waals surface area contributed by atoms with Gasteiger partial charge in [0.05, 0.1) is 11.1 Å². The van der Waals surface area contributed by atoms with E-state index in [2.05, 4.69) is 15.5 Å². The van der Waals surface area contributed by atoms with Crippen LogP contribution in [0.4, 0.5) is 15.9 Å². The van der Waals surface area contributed by atoms with E-state index < -0.39 is 5.91 Å². The highest BCUT2D eigenvalue weighted by atomic mass is 19.1. The Kier molecular flexibility index (Phi) is 4.58. The largest absolute Gasteiger partial charge is 0.350 e. The average molecular weight is 414 g/mol. The molecule has 1 N–H and O–H groups in total. The lowest BCUT2D eigenvalue weighted by molar-refractivity contribution is 0.100. The molecule has 154 valence electrons. The van der Waals surface area contributed by atoms with E-state index in [0.717, 1.165) is 29.3 Å². The third kappa shape index (κ3) is 3.48. The standard InChI is InChI=1S/C24H19FN4O2/c1-29-9-8-15-10-17(12-19(22(15)29)18-4-2-3-5-21(18)25)27-23-20(24(30)28-31)11-16(13-26-23)14-6-7-14/h2-5,8-14H,6-7H2,1H3,(H,26,27). The molecular formula is C24H19FN4O2. The Labute approximate surface area is 177 Å². The summed E-state index contributed by atoms with van der Waals surface area (Å²) in [5.41, 5.74) is 3.77. The average Bonchev–Trinajstić information content (AvgIpc) is 3.56. The predicted molar refractivity (Wildman–Crippen MR) is 118 cm³/mol. The molecule has 1 aliphatic rings. The van der Waals surface area contributed by atoms with E-state index in [0.29, 0.717) is 22.7 Å². The number of carbonyl (C=O) groups excluding carboxylic acids is 1. The maximum absolute atomic E-state index is 14.6. The number of anilines is 2. The van der Waals surface area contributed by atoms with Gasteiger partial charge in [-0.3, -0.25) is 4.79 Å². The van der Waals surface area contributed by atoms with Gasteiger partial charge in [0, 0.05) is 46.8 Å². The number of nitrogens with one attached hydrogen (secondary N) is 1. The Bertz CT molecular complexity index is 1340. The molecule has 31 heavy (non-hydrogen) atoms. The number of pyridine rings is 1. The second-order valence-electron chi connectivity index (χ2n) is 7.83. The zero-order valence-electron chi connectivity index (χ0n) is 16.8. The Balaban J connectivity index is 1.63. The van der Waals surface area contributed by atoms with E-state index in [4.69, 9.17) is 0 Å². The maximum atomic E-state index is 14.6. The number of aryl methyl sites for hydroxylation is 1. The molecule has 2 aromatic heterocycles. The summed E-state index contributed by atoms with van der Waals surface area (Å²) in [7, 11) is 1.91. The van der Waals surface area contributed by atoms with Crippen LogP contribution in [0.3, 0.4) is 0 Å². The Hall–Kier alpha value is -3.87. The minimum atomic E-state index is -0.868. The van der Waals surface area contributed by atoms with Crippen molar-refractivity contribution in [3.63, 3.8) is 0 Å². The highest BCUT2D eigenvalue weighted by molar-refractivity contribution is 6.01. The van der Waals surface area contributed by atoms with Gasteiger partial charge in [-0.1, -0.05) is 18.2 Å². The third-order valence-electron chi connectivity index (χ3n) is 5.67. The molecule has 0 saturated heterocycles. The van der Waals surface area contributed by atoms with Crippen molar-refractivity contribution in [1.29, 1.82) is 0 Å². The van der Waals surface area contributed by atoms with Crippen molar-refractivity contribution >= 4 is 28.3 Å². The normalized spacial score (nSPS) is 13.4. The van der Waals surface area contributed by atoms with E-state index in [1.807, 2.05) is 36.0 Å². The molecule has 2 aromatic carbocycles. The molecule has 7 heteroatoms. The number of benzene rings is 2. The molecule has 0 bridgehead atoms. The van der Waals surface area contributed by atoms with E-state index in [-0.39, 0.29) is 17.2 Å². The van der Waals surface area contributed by atoms with E-state index in [1.165, 1.54) is 6.07 Å². The molecule has 0 atom stereocenters. The molecule has 5 rings (SSSR count). The van der Waals surface area contributed by atoms with Crippen molar-refractivity contribution in [1.82, 2.24) is 9.55 Å². The van der Waals surface area contributed by atoms with Gasteiger partial charge in [-0.25, -0.2) is 9.37 Å². The van der Waals surface area contributed by atoms with Gasteiger partial charge in [0.15, 0.2) is 0 Å². The zero-order chi connectivity index (χ0) is 21.5. The van der Waals surface area contributed by atoms with Crippen LogP contribution in [0.15, 0.2) is 66.1 Å². The molecule has 4 aromatic rings. The van der Waals surface area contributed by atoms with Crippen molar-refractivity contribution in [2.24, 2.45) is 12.2 Å². The molecule has 2 heterocycles. The first-order valence-electron chi connectivity index (χ1n) is 10.0. The van der Waals surface area contributed by atoms with Gasteiger partial charge in [-0.2, -0.15) is 0 Å². The lowest BCUT2D eigenvalue weighted by Crippen LogP contribution is -2.05. The van der Waals surface area contributed by atoms with Gasteiger partial charge < -0.3 is 9.88 Å². The SMILES string of the molecule is Cn1ccc2cc(Nc3ncc(C4CC4)cc3C(=O)N=O)cc(-c3ccccc3F)c21. The van der Waals surface area contributed by atoms with Crippen molar-refractivity contribution in [2.75, 3.05) is 5.32 Å². The van der Waals surface area contributed by atoms with Crippen molar-refractivity contribution in [3.8, 4) is 11.1 Å². The van der Waals surface area contributed by atoms with Crippen LogP contribution in [-0.2, 0) is 7.05 Å². The molecule has 0 aliphatic heterocycles. The number of nitroso groups, excluding NO2 is 1. The molecule has 1 saturated carbocycles. The second kappa shape index (κ2) is 7.43. The first-order valence-corrected chi connectivity index (χ1v) is 10.0. The lowest BCUT2D eigenvalue weighted by atomic mass is 10.0. The molecule has 0 unspecified atom stereocenters. The maximum Gasteiger partial charge on any atom is 0.320 e. The highest BCUT2D eigenvalue weighted by Gasteiger charge is 2.26. The minimum Gasteiger partial charge on any atom is -0.350 e. The van der Waals surface area contributed by atoms with Crippen LogP contribution in [0.1, 0.15) is 34.7 Å². The number of nitrogens with zero attached hydrogens (tertiary/aromatic N) is 3. The number of aromatic nitrogens is 2. The van der Waals surface area contributed by atoms with E-state index >= 15 is 0 Å². The molecule has 0 radical (unpaired) electrons. The Morgan fingerprint density at radius 2 is 1.97 bits per heavy atom. The van der Waals surface area contributed by atoms with Crippen molar-refractivity contribution < 1.29 is 9.18 Å². The summed E-state index contributed by atoms with van der Waals surface area (Å²) >= 11 is 0. The fourth-order valence-corrected chi connectivity index (χ4v) is 3.97. The molecule has 0 spiro atoms. The molecule has 1 amide bonds. The fraction of sp³-hybridized carbons (Fsp3) is 0.167. The number of carbonyl (C=O) groups is 1. The topological polar surface area (TPSA) is 76.3 Å². The summed E-state index contributed by atoms with van der Waals surface area (Å²) in [6, 6.07) is 13.9. The van der Waals surface area contributed by atoms with Gasteiger partial charge in [0.2, 0.25) is 0 Å². The van der Waals surface area contributed by atoms with E-state index in [1.54, 1.807) is 30.5 Å².